The second kappa shape index (κ2) is 10.9. The minimum absolute atomic E-state index is 0.0282. The highest BCUT2D eigenvalue weighted by Crippen LogP contribution is 2.23. The Kier molecular flexibility index (Phi) is 7.94. The number of carbonyl (C=O) groups is 3. The molecule has 176 valence electrons. The predicted molar refractivity (Wildman–Crippen MR) is 122 cm³/mol. The molecule has 0 saturated carbocycles. The number of hydrogen-bond donors (Lipinski definition) is 2. The van der Waals surface area contributed by atoms with Gasteiger partial charge in [-0.15, -0.1) is 0 Å². The van der Waals surface area contributed by atoms with E-state index in [1.54, 1.807) is 4.90 Å². The van der Waals surface area contributed by atoms with Gasteiger partial charge in [0.2, 0.25) is 5.91 Å². The molecule has 1 aliphatic rings. The van der Waals surface area contributed by atoms with Gasteiger partial charge in [0.05, 0.1) is 18.4 Å². The number of amides is 2. The summed E-state index contributed by atoms with van der Waals surface area (Å²) in [7, 11) is 0. The number of hydrogen-bond acceptors (Lipinski definition) is 6. The van der Waals surface area contributed by atoms with Gasteiger partial charge < -0.3 is 20.2 Å². The van der Waals surface area contributed by atoms with E-state index in [-0.39, 0.29) is 22.7 Å². The number of piperazine rings is 1. The molecular weight excluding hydrogens is 429 g/mol. The molecule has 0 spiro atoms. The molecule has 3 rings (SSSR count). The maximum Gasteiger partial charge on any atom is 0.339 e. The zero-order valence-corrected chi connectivity index (χ0v) is 18.8. The normalized spacial score (nSPS) is 14.1. The van der Waals surface area contributed by atoms with Gasteiger partial charge in [0, 0.05) is 44.8 Å². The fraction of sp³-hybridized carbons (Fsp3) is 0.391. The Balaban J connectivity index is 1.66. The maximum atomic E-state index is 13.1. The molecule has 2 heterocycles. The first-order valence-corrected chi connectivity index (χ1v) is 10.9. The average Bonchev–Trinajstić information content (AvgIpc) is 2.81. The second-order valence-electron chi connectivity index (χ2n) is 7.69. The molecule has 0 atom stereocenters. The number of carboxylic acid groups (broad SMARTS) is 1. The lowest BCUT2D eigenvalue weighted by molar-refractivity contribution is -0.132. The molecule has 0 aliphatic carbocycles. The molecule has 1 aliphatic heterocycles. The molecule has 0 bridgehead atoms. The molecule has 0 radical (unpaired) electrons. The monoisotopic (exact) mass is 457 g/mol. The number of nitrogens with one attached hydrogen (secondary N) is 1. The quantitative estimate of drug-likeness (QED) is 0.626. The Bertz CT molecular complexity index is 1000. The van der Waals surface area contributed by atoms with Crippen LogP contribution in [0.5, 0.6) is 0 Å². The summed E-state index contributed by atoms with van der Waals surface area (Å²) in [6.45, 7) is 7.85. The van der Waals surface area contributed by atoms with Crippen molar-refractivity contribution in [3.8, 4) is 0 Å². The van der Waals surface area contributed by atoms with Crippen LogP contribution in [0.15, 0.2) is 36.5 Å². The van der Waals surface area contributed by atoms with Crippen LogP contribution in [0.3, 0.4) is 0 Å². The van der Waals surface area contributed by atoms with Gasteiger partial charge in [-0.2, -0.15) is 0 Å². The highest BCUT2D eigenvalue weighted by atomic mass is 19.1. The van der Waals surface area contributed by atoms with Crippen LogP contribution in [0.2, 0.25) is 0 Å². The number of carbonyl (C=O) groups excluding carboxylic acids is 2. The SMILES string of the molecule is CCN(CC)C(=O)CN1CCN(c2ncc(NC(=O)c3ccc(F)cc3)cc2C(=O)O)CC1. The number of benzene rings is 1. The minimum atomic E-state index is -1.16. The van der Waals surface area contributed by atoms with Crippen LogP contribution in [-0.2, 0) is 4.79 Å². The van der Waals surface area contributed by atoms with Gasteiger partial charge in [-0.25, -0.2) is 14.2 Å². The summed E-state index contributed by atoms with van der Waals surface area (Å²) in [5, 5.41) is 12.3. The molecule has 1 saturated heterocycles. The van der Waals surface area contributed by atoms with Crippen LogP contribution in [-0.4, -0.2) is 83.5 Å². The van der Waals surface area contributed by atoms with E-state index in [4.69, 9.17) is 0 Å². The molecule has 1 aromatic heterocycles. The van der Waals surface area contributed by atoms with E-state index in [2.05, 4.69) is 15.2 Å². The Hall–Kier alpha value is -3.53. The van der Waals surface area contributed by atoms with Gasteiger partial charge >= 0.3 is 5.97 Å². The number of likely N-dealkylation sites (N-methyl/N-ethyl adjacent to an activating group) is 1. The van der Waals surface area contributed by atoms with E-state index in [1.165, 1.54) is 36.5 Å². The largest absolute Gasteiger partial charge is 0.478 e. The van der Waals surface area contributed by atoms with Crippen molar-refractivity contribution in [2.75, 3.05) is 56.0 Å². The predicted octanol–water partition coefficient (Wildman–Crippen LogP) is 2.16. The third-order valence-corrected chi connectivity index (χ3v) is 5.61. The number of nitrogens with zero attached hydrogens (tertiary/aromatic N) is 4. The Morgan fingerprint density at radius 3 is 2.30 bits per heavy atom. The highest BCUT2D eigenvalue weighted by molar-refractivity contribution is 6.05. The third kappa shape index (κ3) is 6.04. The summed E-state index contributed by atoms with van der Waals surface area (Å²) in [6.07, 6.45) is 1.40. The average molecular weight is 458 g/mol. The topological polar surface area (TPSA) is 106 Å². The van der Waals surface area contributed by atoms with Crippen molar-refractivity contribution >= 4 is 29.3 Å². The second-order valence-corrected chi connectivity index (χ2v) is 7.69. The lowest BCUT2D eigenvalue weighted by Gasteiger charge is -2.36. The van der Waals surface area contributed by atoms with Crippen LogP contribution >= 0.6 is 0 Å². The van der Waals surface area contributed by atoms with Gasteiger partial charge in [0.25, 0.3) is 5.91 Å². The number of aromatic carboxylic acids is 1. The summed E-state index contributed by atoms with van der Waals surface area (Å²) in [4.78, 5) is 46.6. The third-order valence-electron chi connectivity index (χ3n) is 5.61. The maximum absolute atomic E-state index is 13.1. The zero-order valence-electron chi connectivity index (χ0n) is 18.8. The van der Waals surface area contributed by atoms with Crippen molar-refractivity contribution in [2.24, 2.45) is 0 Å². The first-order valence-electron chi connectivity index (χ1n) is 10.9. The van der Waals surface area contributed by atoms with E-state index in [9.17, 15) is 23.9 Å². The van der Waals surface area contributed by atoms with E-state index >= 15 is 0 Å². The van der Waals surface area contributed by atoms with Crippen LogP contribution in [0.4, 0.5) is 15.9 Å². The summed E-state index contributed by atoms with van der Waals surface area (Å²) in [6, 6.07) is 6.40. The van der Waals surface area contributed by atoms with Gasteiger partial charge in [-0.05, 0) is 44.2 Å². The van der Waals surface area contributed by atoms with Crippen molar-refractivity contribution in [2.45, 2.75) is 13.8 Å². The minimum Gasteiger partial charge on any atom is -0.478 e. The molecule has 2 aromatic rings. The van der Waals surface area contributed by atoms with Crippen molar-refractivity contribution in [3.63, 3.8) is 0 Å². The van der Waals surface area contributed by atoms with Crippen molar-refractivity contribution in [1.82, 2.24) is 14.8 Å². The molecule has 9 nitrogen and oxygen atoms in total. The van der Waals surface area contributed by atoms with Crippen molar-refractivity contribution in [3.05, 3.63) is 53.5 Å². The number of rotatable bonds is 8. The first-order chi connectivity index (χ1) is 15.8. The standard InChI is InChI=1S/C23H28FN5O4/c1-3-28(4-2)20(30)15-27-9-11-29(12-10-27)21-19(23(32)33)13-18(14-25-21)26-22(31)16-5-7-17(24)8-6-16/h5-8,13-14H,3-4,9-12,15H2,1-2H3,(H,26,31)(H,32,33). The molecule has 2 N–H and O–H groups in total. The van der Waals surface area contributed by atoms with Crippen molar-refractivity contribution < 1.29 is 23.9 Å². The van der Waals surface area contributed by atoms with Crippen LogP contribution in [0, 0.1) is 5.82 Å². The molecule has 10 heteroatoms. The molecule has 1 aromatic carbocycles. The molecular formula is C23H28FN5O4. The molecule has 2 amide bonds. The zero-order chi connectivity index (χ0) is 24.0. The summed E-state index contributed by atoms with van der Waals surface area (Å²) in [5.41, 5.74) is 0.446. The van der Waals surface area contributed by atoms with Crippen LogP contribution in [0.1, 0.15) is 34.6 Å². The van der Waals surface area contributed by atoms with Gasteiger partial charge in [-0.1, -0.05) is 0 Å². The lowest BCUT2D eigenvalue weighted by atomic mass is 10.2. The number of halogens is 1. The number of aromatic nitrogens is 1. The number of anilines is 2. The highest BCUT2D eigenvalue weighted by Gasteiger charge is 2.25. The van der Waals surface area contributed by atoms with Crippen LogP contribution < -0.4 is 10.2 Å². The molecule has 33 heavy (non-hydrogen) atoms. The van der Waals surface area contributed by atoms with E-state index in [0.29, 0.717) is 51.6 Å². The number of pyridine rings is 1. The van der Waals surface area contributed by atoms with Crippen LogP contribution in [0.25, 0.3) is 0 Å². The van der Waals surface area contributed by atoms with E-state index < -0.39 is 17.7 Å². The smallest absolute Gasteiger partial charge is 0.339 e. The van der Waals surface area contributed by atoms with Gasteiger partial charge in [-0.3, -0.25) is 14.5 Å². The van der Waals surface area contributed by atoms with Crippen molar-refractivity contribution in [1.29, 1.82) is 0 Å². The van der Waals surface area contributed by atoms with E-state index in [0.717, 1.165) is 0 Å². The summed E-state index contributed by atoms with van der Waals surface area (Å²) in [5.74, 6) is -1.71. The fourth-order valence-electron chi connectivity index (χ4n) is 3.73. The number of carboxylic acids is 1. The first kappa shape index (κ1) is 24.1. The Morgan fingerprint density at radius 1 is 1.09 bits per heavy atom. The Labute approximate surface area is 191 Å². The lowest BCUT2D eigenvalue weighted by Crippen LogP contribution is -2.50. The summed E-state index contributed by atoms with van der Waals surface area (Å²) < 4.78 is 13.1. The molecule has 1 fully saturated rings. The fourth-order valence-corrected chi connectivity index (χ4v) is 3.73. The van der Waals surface area contributed by atoms with Gasteiger partial charge in [0.15, 0.2) is 0 Å². The molecule has 0 unspecified atom stereocenters. The summed E-state index contributed by atoms with van der Waals surface area (Å²) >= 11 is 0. The Morgan fingerprint density at radius 2 is 1.73 bits per heavy atom. The van der Waals surface area contributed by atoms with Gasteiger partial charge in [0.1, 0.15) is 17.2 Å². The van der Waals surface area contributed by atoms with E-state index in [1.807, 2.05) is 18.7 Å².